The molecule has 0 amide bonds. The van der Waals surface area contributed by atoms with Crippen LogP contribution in [0.15, 0.2) is 48.0 Å². The number of halogens is 1. The van der Waals surface area contributed by atoms with Gasteiger partial charge in [-0.25, -0.2) is 4.39 Å². The van der Waals surface area contributed by atoms with Crippen molar-refractivity contribution in [2.75, 3.05) is 6.61 Å². The predicted octanol–water partition coefficient (Wildman–Crippen LogP) is 3.19. The van der Waals surface area contributed by atoms with E-state index in [4.69, 9.17) is 4.74 Å². The highest BCUT2D eigenvalue weighted by atomic mass is 19.1. The minimum atomic E-state index is -0.320. The topological polar surface area (TPSA) is 46.5 Å². The van der Waals surface area contributed by atoms with Crippen LogP contribution in [0.5, 0.6) is 11.5 Å². The zero-order valence-electron chi connectivity index (χ0n) is 10.5. The molecule has 3 nitrogen and oxygen atoms in total. The summed E-state index contributed by atoms with van der Waals surface area (Å²) < 4.78 is 18.3. The largest absolute Gasteiger partial charge is 0.508 e. The second-order valence-electron chi connectivity index (χ2n) is 4.52. The smallest absolute Gasteiger partial charge is 0.196 e. The molecule has 0 bridgehead atoms. The molecule has 0 aromatic heterocycles. The van der Waals surface area contributed by atoms with Crippen molar-refractivity contribution in [3.05, 3.63) is 65.0 Å². The lowest BCUT2D eigenvalue weighted by Crippen LogP contribution is -2.18. The molecule has 2 aromatic carbocycles. The van der Waals surface area contributed by atoms with Gasteiger partial charge in [-0.15, -0.1) is 0 Å². The Balaban J connectivity index is 1.95. The molecule has 0 unspecified atom stereocenters. The van der Waals surface area contributed by atoms with Crippen molar-refractivity contribution in [3.8, 4) is 11.5 Å². The summed E-state index contributed by atoms with van der Waals surface area (Å²) in [5, 5.41) is 9.36. The summed E-state index contributed by atoms with van der Waals surface area (Å²) in [5.41, 5.74) is 1.65. The molecule has 1 aliphatic heterocycles. The third kappa shape index (κ3) is 2.28. The number of aromatic hydroxyl groups is 1. The van der Waals surface area contributed by atoms with Crippen LogP contribution in [-0.2, 0) is 0 Å². The van der Waals surface area contributed by atoms with Crippen molar-refractivity contribution in [1.82, 2.24) is 0 Å². The molecular weight excluding hydrogens is 259 g/mol. The van der Waals surface area contributed by atoms with Crippen molar-refractivity contribution in [2.24, 2.45) is 0 Å². The van der Waals surface area contributed by atoms with Crippen LogP contribution in [0.25, 0.3) is 6.08 Å². The van der Waals surface area contributed by atoms with Crippen LogP contribution in [0.4, 0.5) is 4.39 Å². The van der Waals surface area contributed by atoms with E-state index < -0.39 is 0 Å². The minimum absolute atomic E-state index is 0.0579. The van der Waals surface area contributed by atoms with Crippen LogP contribution in [0.2, 0.25) is 0 Å². The third-order valence-corrected chi connectivity index (χ3v) is 3.10. The first-order chi connectivity index (χ1) is 9.63. The molecule has 4 heteroatoms. The Hall–Kier alpha value is -2.62. The van der Waals surface area contributed by atoms with E-state index in [1.165, 1.54) is 30.3 Å². The van der Waals surface area contributed by atoms with E-state index in [-0.39, 0.29) is 24.0 Å². The van der Waals surface area contributed by atoms with Gasteiger partial charge in [0.1, 0.15) is 23.9 Å². The molecule has 0 atom stereocenters. The highest BCUT2D eigenvalue weighted by Crippen LogP contribution is 2.30. The van der Waals surface area contributed by atoms with E-state index in [0.717, 1.165) is 5.56 Å². The summed E-state index contributed by atoms with van der Waals surface area (Å²) >= 11 is 0. The zero-order chi connectivity index (χ0) is 14.1. The van der Waals surface area contributed by atoms with Crippen LogP contribution in [0.1, 0.15) is 15.9 Å². The summed E-state index contributed by atoms with van der Waals surface area (Å²) in [6.45, 7) is 0.132. The summed E-state index contributed by atoms with van der Waals surface area (Å²) in [4.78, 5) is 12.3. The van der Waals surface area contributed by atoms with Crippen molar-refractivity contribution in [3.63, 3.8) is 0 Å². The van der Waals surface area contributed by atoms with E-state index in [2.05, 4.69) is 0 Å². The fraction of sp³-hybridized carbons (Fsp3) is 0.0625. The second kappa shape index (κ2) is 4.81. The van der Waals surface area contributed by atoms with Crippen molar-refractivity contribution >= 4 is 11.9 Å². The minimum Gasteiger partial charge on any atom is -0.508 e. The first-order valence-electron chi connectivity index (χ1n) is 6.10. The number of hydrogen-bond acceptors (Lipinski definition) is 3. The SMILES string of the molecule is O=C1/C(=C/c2ccc(F)cc2)COc2cc(O)ccc21. The number of fused-ring (bicyclic) bond motifs is 1. The number of phenolic OH excluding ortho intramolecular Hbond substituents is 1. The van der Waals surface area contributed by atoms with Crippen LogP contribution >= 0.6 is 0 Å². The second-order valence-corrected chi connectivity index (χ2v) is 4.52. The zero-order valence-corrected chi connectivity index (χ0v) is 10.5. The van der Waals surface area contributed by atoms with Gasteiger partial charge in [-0.3, -0.25) is 4.79 Å². The molecule has 1 heterocycles. The van der Waals surface area contributed by atoms with Gasteiger partial charge in [0.25, 0.3) is 0 Å². The number of ketones is 1. The average Bonchev–Trinajstić information content (AvgIpc) is 2.44. The highest BCUT2D eigenvalue weighted by molar-refractivity contribution is 6.14. The third-order valence-electron chi connectivity index (χ3n) is 3.10. The fourth-order valence-electron chi connectivity index (χ4n) is 2.08. The summed E-state index contributed by atoms with van der Waals surface area (Å²) in [6, 6.07) is 10.3. The predicted molar refractivity (Wildman–Crippen MR) is 72.3 cm³/mol. The van der Waals surface area contributed by atoms with Crippen LogP contribution < -0.4 is 4.74 Å². The average molecular weight is 270 g/mol. The number of ether oxygens (including phenoxy) is 1. The number of carbonyl (C=O) groups excluding carboxylic acids is 1. The van der Waals surface area contributed by atoms with E-state index in [9.17, 15) is 14.3 Å². The molecule has 0 spiro atoms. The molecular formula is C16H11FO3. The molecule has 0 aliphatic carbocycles. The van der Waals surface area contributed by atoms with Gasteiger partial charge in [0, 0.05) is 11.6 Å². The standard InChI is InChI=1S/C16H11FO3/c17-12-3-1-10(2-4-12)7-11-9-20-15-8-13(18)5-6-14(15)16(11)19/h1-8,18H,9H2/b11-7+. The fourth-order valence-corrected chi connectivity index (χ4v) is 2.08. The van der Waals surface area contributed by atoms with Gasteiger partial charge in [0.05, 0.1) is 5.56 Å². The molecule has 0 saturated carbocycles. The van der Waals surface area contributed by atoms with Crippen molar-refractivity contribution in [1.29, 1.82) is 0 Å². The molecule has 100 valence electrons. The maximum absolute atomic E-state index is 12.8. The van der Waals surface area contributed by atoms with Gasteiger partial charge in [-0.2, -0.15) is 0 Å². The Morgan fingerprint density at radius 3 is 2.65 bits per heavy atom. The van der Waals surface area contributed by atoms with Gasteiger partial charge >= 0.3 is 0 Å². The van der Waals surface area contributed by atoms with Crippen LogP contribution in [-0.4, -0.2) is 17.5 Å². The number of phenols is 1. The maximum atomic E-state index is 12.8. The number of carbonyl (C=O) groups is 1. The maximum Gasteiger partial charge on any atom is 0.196 e. The lowest BCUT2D eigenvalue weighted by Gasteiger charge is -2.18. The van der Waals surface area contributed by atoms with Gasteiger partial charge < -0.3 is 9.84 Å². The number of Topliss-reactive ketones (excluding diaryl/α,β-unsaturated/α-hetero) is 1. The van der Waals surface area contributed by atoms with E-state index in [1.807, 2.05) is 0 Å². The van der Waals surface area contributed by atoms with E-state index in [0.29, 0.717) is 16.9 Å². The Morgan fingerprint density at radius 2 is 1.90 bits per heavy atom. The molecule has 0 saturated heterocycles. The summed E-state index contributed by atoms with van der Waals surface area (Å²) in [7, 11) is 0. The van der Waals surface area contributed by atoms with Crippen LogP contribution in [0, 0.1) is 5.82 Å². The molecule has 0 radical (unpaired) electrons. The Bertz CT molecular complexity index is 702. The highest BCUT2D eigenvalue weighted by Gasteiger charge is 2.23. The quantitative estimate of drug-likeness (QED) is 0.809. The number of rotatable bonds is 1. The monoisotopic (exact) mass is 270 g/mol. The molecule has 20 heavy (non-hydrogen) atoms. The number of hydrogen-bond donors (Lipinski definition) is 1. The van der Waals surface area contributed by atoms with Crippen molar-refractivity contribution in [2.45, 2.75) is 0 Å². The Kier molecular flexibility index (Phi) is 2.99. The summed E-state index contributed by atoms with van der Waals surface area (Å²) in [6.07, 6.45) is 1.68. The van der Waals surface area contributed by atoms with Gasteiger partial charge in [0.15, 0.2) is 5.78 Å². The molecule has 1 N–H and O–H groups in total. The molecule has 0 fully saturated rings. The van der Waals surface area contributed by atoms with Gasteiger partial charge in [-0.05, 0) is 35.9 Å². The Labute approximate surface area is 114 Å². The Morgan fingerprint density at radius 1 is 1.15 bits per heavy atom. The van der Waals surface area contributed by atoms with E-state index in [1.54, 1.807) is 18.2 Å². The van der Waals surface area contributed by atoms with Gasteiger partial charge in [0.2, 0.25) is 0 Å². The lowest BCUT2D eigenvalue weighted by atomic mass is 9.98. The first-order valence-corrected chi connectivity index (χ1v) is 6.10. The van der Waals surface area contributed by atoms with Gasteiger partial charge in [-0.1, -0.05) is 12.1 Å². The van der Waals surface area contributed by atoms with Crippen molar-refractivity contribution < 1.29 is 19.0 Å². The lowest BCUT2D eigenvalue weighted by molar-refractivity contribution is 0.100. The first kappa shape index (κ1) is 12.4. The molecule has 2 aromatic rings. The molecule has 1 aliphatic rings. The normalized spacial score (nSPS) is 15.8. The number of benzene rings is 2. The van der Waals surface area contributed by atoms with Crippen LogP contribution in [0.3, 0.4) is 0 Å². The van der Waals surface area contributed by atoms with E-state index >= 15 is 0 Å². The molecule has 3 rings (SSSR count). The summed E-state index contributed by atoms with van der Waals surface area (Å²) in [5.74, 6) is -0.0245.